The van der Waals surface area contributed by atoms with Gasteiger partial charge in [0.2, 0.25) is 0 Å². The lowest BCUT2D eigenvalue weighted by Crippen LogP contribution is -2.41. The quantitative estimate of drug-likeness (QED) is 0.600. The summed E-state index contributed by atoms with van der Waals surface area (Å²) in [7, 11) is -5.20. The Morgan fingerprint density at radius 2 is 1.55 bits per heavy atom. The molecule has 0 atom stereocenters. The molecular weight excluding hydrogens is 460 g/mol. The zero-order valence-electron chi connectivity index (χ0n) is 19.3. The molecule has 2 aliphatic heterocycles. The number of hydrogen-bond donors (Lipinski definition) is 0. The fraction of sp³-hybridized carbons (Fsp3) is 0.727. The van der Waals surface area contributed by atoms with Crippen LogP contribution in [0.25, 0.3) is 0 Å². The monoisotopic (exact) mass is 490 g/mol. The SMILES string of the molecule is CC1(C)OB(c2ccc(S(=O)(=O)CC3CCC4(CC3)OCCO4)c(C(F)(F)F)c2)OC1(C)C. The number of hydrogen-bond acceptors (Lipinski definition) is 6. The van der Waals surface area contributed by atoms with Crippen LogP contribution >= 0.6 is 0 Å². The summed E-state index contributed by atoms with van der Waals surface area (Å²) in [5.41, 5.74) is -2.52. The number of benzene rings is 1. The zero-order valence-corrected chi connectivity index (χ0v) is 20.1. The van der Waals surface area contributed by atoms with Crippen LogP contribution in [-0.2, 0) is 34.8 Å². The average molecular weight is 490 g/mol. The minimum absolute atomic E-state index is 0.134. The molecule has 0 radical (unpaired) electrons. The van der Waals surface area contributed by atoms with Crippen LogP contribution in [0.3, 0.4) is 0 Å². The van der Waals surface area contributed by atoms with Gasteiger partial charge in [-0.3, -0.25) is 0 Å². The summed E-state index contributed by atoms with van der Waals surface area (Å²) in [5.74, 6) is -1.25. The van der Waals surface area contributed by atoms with Crippen LogP contribution in [-0.4, -0.2) is 51.5 Å². The third-order valence-corrected chi connectivity index (χ3v) is 9.24. The van der Waals surface area contributed by atoms with Crippen LogP contribution in [0.4, 0.5) is 13.2 Å². The molecule has 3 fully saturated rings. The molecule has 2 heterocycles. The van der Waals surface area contributed by atoms with Gasteiger partial charge in [-0.1, -0.05) is 6.07 Å². The minimum atomic E-state index is -4.84. The Bertz CT molecular complexity index is 976. The van der Waals surface area contributed by atoms with Gasteiger partial charge < -0.3 is 18.8 Å². The van der Waals surface area contributed by atoms with Crippen LogP contribution in [0.1, 0.15) is 58.9 Å². The molecule has 0 bridgehead atoms. The molecule has 3 aliphatic rings. The van der Waals surface area contributed by atoms with Gasteiger partial charge in [0, 0.05) is 12.8 Å². The molecule has 33 heavy (non-hydrogen) atoms. The first-order chi connectivity index (χ1) is 15.1. The van der Waals surface area contributed by atoms with Crippen molar-refractivity contribution in [2.24, 2.45) is 5.92 Å². The Labute approximate surface area is 193 Å². The van der Waals surface area contributed by atoms with Crippen molar-refractivity contribution < 1.29 is 40.4 Å². The molecule has 4 rings (SSSR count). The molecule has 1 aromatic carbocycles. The van der Waals surface area contributed by atoms with Crippen molar-refractivity contribution in [3.05, 3.63) is 23.8 Å². The lowest BCUT2D eigenvalue weighted by Gasteiger charge is -2.35. The van der Waals surface area contributed by atoms with E-state index in [1.165, 1.54) is 6.07 Å². The third kappa shape index (κ3) is 4.84. The lowest BCUT2D eigenvalue weighted by atomic mass is 9.78. The maximum atomic E-state index is 13.9. The second-order valence-electron chi connectivity index (χ2n) is 10.2. The van der Waals surface area contributed by atoms with Gasteiger partial charge >= 0.3 is 13.3 Å². The van der Waals surface area contributed by atoms with Crippen LogP contribution in [0, 0.1) is 5.92 Å². The molecule has 6 nitrogen and oxygen atoms in total. The van der Waals surface area contributed by atoms with E-state index in [0.29, 0.717) is 38.9 Å². The maximum absolute atomic E-state index is 13.9. The second-order valence-corrected chi connectivity index (χ2v) is 12.2. The predicted octanol–water partition coefficient (Wildman–Crippen LogP) is 3.71. The van der Waals surface area contributed by atoms with Crippen molar-refractivity contribution in [3.63, 3.8) is 0 Å². The maximum Gasteiger partial charge on any atom is 0.494 e. The van der Waals surface area contributed by atoms with Gasteiger partial charge in [0.1, 0.15) is 0 Å². The summed E-state index contributed by atoms with van der Waals surface area (Å²) in [6.45, 7) is 8.21. The summed E-state index contributed by atoms with van der Waals surface area (Å²) in [6, 6.07) is 3.22. The van der Waals surface area contributed by atoms with E-state index in [1.54, 1.807) is 27.7 Å². The van der Waals surface area contributed by atoms with Gasteiger partial charge in [-0.25, -0.2) is 8.42 Å². The third-order valence-electron chi connectivity index (χ3n) is 7.31. The normalized spacial score (nSPS) is 25.1. The highest BCUT2D eigenvalue weighted by molar-refractivity contribution is 7.91. The van der Waals surface area contributed by atoms with Crippen LogP contribution in [0.15, 0.2) is 23.1 Å². The van der Waals surface area contributed by atoms with E-state index in [9.17, 15) is 21.6 Å². The Balaban J connectivity index is 1.57. The van der Waals surface area contributed by atoms with E-state index in [0.717, 1.165) is 12.1 Å². The number of sulfone groups is 1. The number of alkyl halides is 3. The molecular formula is C22H30BF3O6S. The molecule has 1 saturated carbocycles. The summed E-state index contributed by atoms with van der Waals surface area (Å²) in [4.78, 5) is -0.705. The number of rotatable bonds is 4. The topological polar surface area (TPSA) is 71.1 Å². The molecule has 0 N–H and O–H groups in total. The number of ether oxygens (including phenoxy) is 2. The molecule has 1 aromatic rings. The highest BCUT2D eigenvalue weighted by Gasteiger charge is 2.52. The van der Waals surface area contributed by atoms with E-state index >= 15 is 0 Å². The smallest absolute Gasteiger partial charge is 0.399 e. The van der Waals surface area contributed by atoms with Gasteiger partial charge in [-0.2, -0.15) is 13.2 Å². The predicted molar refractivity (Wildman–Crippen MR) is 116 cm³/mol. The van der Waals surface area contributed by atoms with E-state index in [2.05, 4.69) is 0 Å². The second kappa shape index (κ2) is 8.22. The molecule has 1 spiro atoms. The first-order valence-corrected chi connectivity index (χ1v) is 12.9. The summed E-state index contributed by atoms with van der Waals surface area (Å²) >= 11 is 0. The van der Waals surface area contributed by atoms with Crippen molar-refractivity contribution >= 4 is 22.4 Å². The molecule has 0 aromatic heterocycles. The van der Waals surface area contributed by atoms with E-state index in [4.69, 9.17) is 18.8 Å². The number of halogens is 3. The van der Waals surface area contributed by atoms with Crippen LogP contribution in [0.2, 0.25) is 0 Å². The van der Waals surface area contributed by atoms with Gasteiger partial charge in [0.05, 0.1) is 40.6 Å². The molecule has 2 saturated heterocycles. The standard InChI is InChI=1S/C22H30BF3O6S/c1-19(2)20(3,4)32-23(31-19)16-5-6-18(17(13-16)22(24,25)26)33(27,28)14-15-7-9-21(10-8-15)29-11-12-30-21/h5-6,13,15H,7-12,14H2,1-4H3. The Morgan fingerprint density at radius 1 is 1.00 bits per heavy atom. The van der Waals surface area contributed by atoms with Gasteiger partial charge in [-0.15, -0.1) is 0 Å². The highest BCUT2D eigenvalue weighted by Crippen LogP contribution is 2.41. The van der Waals surface area contributed by atoms with Gasteiger partial charge in [0.15, 0.2) is 15.6 Å². The van der Waals surface area contributed by atoms with E-state index in [1.807, 2.05) is 0 Å². The van der Waals surface area contributed by atoms with Crippen LogP contribution in [0.5, 0.6) is 0 Å². The fourth-order valence-electron chi connectivity index (χ4n) is 4.64. The van der Waals surface area contributed by atoms with Gasteiger partial charge in [-0.05, 0) is 64.1 Å². The van der Waals surface area contributed by atoms with Crippen molar-refractivity contribution in [2.45, 2.75) is 81.4 Å². The molecule has 1 aliphatic carbocycles. The molecule has 0 unspecified atom stereocenters. The van der Waals surface area contributed by atoms with Gasteiger partial charge in [0.25, 0.3) is 0 Å². The largest absolute Gasteiger partial charge is 0.494 e. The van der Waals surface area contributed by atoms with E-state index in [-0.39, 0.29) is 17.1 Å². The first kappa shape index (κ1) is 25.0. The van der Waals surface area contributed by atoms with E-state index < -0.39 is 50.6 Å². The first-order valence-electron chi connectivity index (χ1n) is 11.2. The highest BCUT2D eigenvalue weighted by atomic mass is 32.2. The Morgan fingerprint density at radius 3 is 2.06 bits per heavy atom. The summed E-state index contributed by atoms with van der Waals surface area (Å²) in [5, 5.41) is 0. The van der Waals surface area contributed by atoms with Crippen molar-refractivity contribution in [1.82, 2.24) is 0 Å². The fourth-order valence-corrected chi connectivity index (χ4v) is 6.55. The summed E-state index contributed by atoms with van der Waals surface area (Å²) < 4.78 is 91.0. The Kier molecular flexibility index (Phi) is 6.22. The van der Waals surface area contributed by atoms with Crippen molar-refractivity contribution in [1.29, 1.82) is 0 Å². The Hall–Kier alpha value is -1.14. The van der Waals surface area contributed by atoms with Crippen molar-refractivity contribution in [3.8, 4) is 0 Å². The molecule has 11 heteroatoms. The minimum Gasteiger partial charge on any atom is -0.399 e. The average Bonchev–Trinajstić information content (AvgIpc) is 3.24. The molecule has 0 amide bonds. The van der Waals surface area contributed by atoms with Crippen LogP contribution < -0.4 is 5.46 Å². The zero-order chi connectivity index (χ0) is 24.3. The lowest BCUT2D eigenvalue weighted by molar-refractivity contribution is -0.181. The molecule has 184 valence electrons. The summed E-state index contributed by atoms with van der Waals surface area (Å²) in [6.07, 6.45) is -2.72. The van der Waals surface area contributed by atoms with Crippen molar-refractivity contribution in [2.75, 3.05) is 19.0 Å².